The molecule has 2 atom stereocenters. The first-order chi connectivity index (χ1) is 15.5. The molecule has 32 heavy (non-hydrogen) atoms. The van der Waals surface area contributed by atoms with Crippen LogP contribution in [0.3, 0.4) is 0 Å². The Bertz CT molecular complexity index is 1040. The van der Waals surface area contributed by atoms with Crippen molar-refractivity contribution in [3.05, 3.63) is 64.2 Å². The fraction of sp³-hybridized carbons (Fsp3) is 0.417. The summed E-state index contributed by atoms with van der Waals surface area (Å²) in [6, 6.07) is 14.3. The summed E-state index contributed by atoms with van der Waals surface area (Å²) in [6.07, 6.45) is 0.938. The smallest absolute Gasteiger partial charge is 0.243 e. The van der Waals surface area contributed by atoms with E-state index < -0.39 is 0 Å². The standard InChI is InChI=1S/C24H27ClN4O2S/c25-19-3-1-2-4-20(19)28-11-9-27(10-12-28)14-16-5-6-18-17(13-16)15-29(24(18)32)21-7-8-22(30)26-23(21)31/h1-6,13,21,24,32H,7-12,14-15H2,(H,26,30,31). The number of rotatable bonds is 4. The first-order valence-corrected chi connectivity index (χ1v) is 12.0. The molecule has 6 nitrogen and oxygen atoms in total. The van der Waals surface area contributed by atoms with Crippen molar-refractivity contribution in [3.8, 4) is 0 Å². The molecule has 5 rings (SSSR count). The summed E-state index contributed by atoms with van der Waals surface area (Å²) < 4.78 is 0. The molecule has 1 N–H and O–H groups in total. The van der Waals surface area contributed by atoms with Crippen molar-refractivity contribution in [2.75, 3.05) is 31.1 Å². The Balaban J connectivity index is 1.21. The number of hydrogen-bond donors (Lipinski definition) is 2. The quantitative estimate of drug-likeness (QED) is 0.531. The number of thiol groups is 1. The summed E-state index contributed by atoms with van der Waals surface area (Å²) in [6.45, 7) is 5.47. The molecule has 2 fully saturated rings. The van der Waals surface area contributed by atoms with Gasteiger partial charge in [0.25, 0.3) is 0 Å². The SMILES string of the molecule is O=C1CCC(N2Cc3cc(CN4CCN(c5ccccc5Cl)CC4)ccc3C2S)C(=O)N1. The van der Waals surface area contributed by atoms with E-state index >= 15 is 0 Å². The van der Waals surface area contributed by atoms with Crippen LogP contribution in [0.5, 0.6) is 0 Å². The number of anilines is 1. The van der Waals surface area contributed by atoms with Crippen LogP contribution in [0, 0.1) is 0 Å². The van der Waals surface area contributed by atoms with Gasteiger partial charge < -0.3 is 4.90 Å². The number of benzene rings is 2. The summed E-state index contributed by atoms with van der Waals surface area (Å²) >= 11 is 11.2. The van der Waals surface area contributed by atoms with Gasteiger partial charge in [0.05, 0.1) is 22.1 Å². The van der Waals surface area contributed by atoms with Crippen molar-refractivity contribution in [1.29, 1.82) is 0 Å². The van der Waals surface area contributed by atoms with Crippen molar-refractivity contribution < 1.29 is 9.59 Å². The van der Waals surface area contributed by atoms with Gasteiger partial charge in [-0.25, -0.2) is 0 Å². The van der Waals surface area contributed by atoms with E-state index in [9.17, 15) is 9.59 Å². The Morgan fingerprint density at radius 1 is 1.06 bits per heavy atom. The zero-order valence-corrected chi connectivity index (χ0v) is 19.5. The van der Waals surface area contributed by atoms with Gasteiger partial charge in [-0.1, -0.05) is 41.9 Å². The third-order valence-corrected chi connectivity index (χ3v) is 7.63. The minimum Gasteiger partial charge on any atom is -0.368 e. The molecule has 0 saturated carbocycles. The van der Waals surface area contributed by atoms with Gasteiger partial charge in [0.15, 0.2) is 0 Å². The van der Waals surface area contributed by atoms with Gasteiger partial charge in [-0.05, 0) is 35.2 Å². The van der Waals surface area contributed by atoms with Gasteiger partial charge >= 0.3 is 0 Å². The van der Waals surface area contributed by atoms with Gasteiger partial charge in [-0.3, -0.25) is 24.7 Å². The molecule has 168 valence electrons. The van der Waals surface area contributed by atoms with Crippen LogP contribution in [0.4, 0.5) is 5.69 Å². The fourth-order valence-electron chi connectivity index (χ4n) is 5.00. The Morgan fingerprint density at radius 2 is 1.84 bits per heavy atom. The Labute approximate surface area is 198 Å². The zero-order valence-electron chi connectivity index (χ0n) is 17.8. The van der Waals surface area contributed by atoms with Gasteiger partial charge in [-0.2, -0.15) is 12.6 Å². The fourth-order valence-corrected chi connectivity index (χ4v) is 5.75. The van der Waals surface area contributed by atoms with E-state index in [1.807, 2.05) is 18.2 Å². The second kappa shape index (κ2) is 9.06. The van der Waals surface area contributed by atoms with E-state index in [1.54, 1.807) is 0 Å². The highest BCUT2D eigenvalue weighted by atomic mass is 35.5. The van der Waals surface area contributed by atoms with E-state index in [-0.39, 0.29) is 23.2 Å². The molecule has 0 spiro atoms. The number of hydrogen-bond acceptors (Lipinski definition) is 6. The lowest BCUT2D eigenvalue weighted by Crippen LogP contribution is -2.51. The van der Waals surface area contributed by atoms with Crippen LogP contribution in [-0.2, 0) is 22.7 Å². The molecule has 3 aliphatic rings. The number of carbonyl (C=O) groups excluding carboxylic acids is 2. The molecular weight excluding hydrogens is 444 g/mol. The van der Waals surface area contributed by atoms with Crippen LogP contribution in [-0.4, -0.2) is 53.8 Å². The molecule has 0 aliphatic carbocycles. The van der Waals surface area contributed by atoms with E-state index in [2.05, 4.69) is 44.3 Å². The molecule has 3 aliphatic heterocycles. The highest BCUT2D eigenvalue weighted by molar-refractivity contribution is 7.80. The van der Waals surface area contributed by atoms with Crippen LogP contribution in [0.15, 0.2) is 42.5 Å². The minimum atomic E-state index is -0.302. The summed E-state index contributed by atoms with van der Waals surface area (Å²) in [5.41, 5.74) is 4.77. The van der Waals surface area contributed by atoms with E-state index in [0.717, 1.165) is 49.0 Å². The summed E-state index contributed by atoms with van der Waals surface area (Å²) in [5.74, 6) is -0.389. The number of para-hydroxylation sites is 1. The summed E-state index contributed by atoms with van der Waals surface area (Å²) in [4.78, 5) is 30.8. The van der Waals surface area contributed by atoms with E-state index in [0.29, 0.717) is 19.4 Å². The maximum Gasteiger partial charge on any atom is 0.243 e. The molecule has 0 radical (unpaired) electrons. The van der Waals surface area contributed by atoms with Crippen LogP contribution in [0.1, 0.15) is 34.9 Å². The number of imide groups is 1. The number of piperazine rings is 1. The van der Waals surface area contributed by atoms with Crippen LogP contribution >= 0.6 is 24.2 Å². The Morgan fingerprint density at radius 3 is 2.59 bits per heavy atom. The minimum absolute atomic E-state index is 0.123. The molecule has 8 heteroatoms. The number of halogens is 1. The largest absolute Gasteiger partial charge is 0.368 e. The van der Waals surface area contributed by atoms with E-state index in [1.165, 1.54) is 11.1 Å². The molecule has 0 aromatic heterocycles. The van der Waals surface area contributed by atoms with Gasteiger partial charge in [0.2, 0.25) is 11.8 Å². The lowest BCUT2D eigenvalue weighted by atomic mass is 10.0. The molecule has 2 saturated heterocycles. The van der Waals surface area contributed by atoms with E-state index in [4.69, 9.17) is 24.2 Å². The predicted molar refractivity (Wildman–Crippen MR) is 129 cm³/mol. The van der Waals surface area contributed by atoms with Crippen molar-refractivity contribution in [2.24, 2.45) is 0 Å². The highest BCUT2D eigenvalue weighted by Gasteiger charge is 2.39. The first kappa shape index (κ1) is 21.8. The van der Waals surface area contributed by atoms with Crippen molar-refractivity contribution in [1.82, 2.24) is 15.1 Å². The molecule has 3 heterocycles. The van der Waals surface area contributed by atoms with Crippen molar-refractivity contribution in [3.63, 3.8) is 0 Å². The highest BCUT2D eigenvalue weighted by Crippen LogP contribution is 2.39. The topological polar surface area (TPSA) is 55.9 Å². The molecule has 2 amide bonds. The number of carbonyl (C=O) groups is 2. The normalized spacial score (nSPS) is 24.5. The average molecular weight is 471 g/mol. The van der Waals surface area contributed by atoms with Gasteiger partial charge in [0, 0.05) is 45.7 Å². The molecule has 2 unspecified atom stereocenters. The average Bonchev–Trinajstić information content (AvgIpc) is 3.10. The molecular formula is C24H27ClN4O2S. The van der Waals surface area contributed by atoms with Crippen LogP contribution in [0.2, 0.25) is 5.02 Å². The maximum absolute atomic E-state index is 12.3. The number of piperidine rings is 1. The number of amides is 2. The third kappa shape index (κ3) is 4.27. The lowest BCUT2D eigenvalue weighted by molar-refractivity contribution is -0.137. The molecule has 2 aromatic carbocycles. The molecule has 0 bridgehead atoms. The van der Waals surface area contributed by atoms with Gasteiger partial charge in [0.1, 0.15) is 0 Å². The maximum atomic E-state index is 12.3. The van der Waals surface area contributed by atoms with Crippen LogP contribution in [0.25, 0.3) is 0 Å². The van der Waals surface area contributed by atoms with Crippen molar-refractivity contribution >= 4 is 41.7 Å². The third-order valence-electron chi connectivity index (χ3n) is 6.73. The second-order valence-electron chi connectivity index (χ2n) is 8.76. The second-order valence-corrected chi connectivity index (χ2v) is 9.66. The Hall–Kier alpha value is -2.06. The van der Waals surface area contributed by atoms with Crippen molar-refractivity contribution in [2.45, 2.75) is 37.3 Å². The zero-order chi connectivity index (χ0) is 22.2. The van der Waals surface area contributed by atoms with Crippen LogP contribution < -0.4 is 10.2 Å². The predicted octanol–water partition coefficient (Wildman–Crippen LogP) is 3.21. The Kier molecular flexibility index (Phi) is 6.16. The number of nitrogens with one attached hydrogen (secondary N) is 1. The number of nitrogens with zero attached hydrogens (tertiary/aromatic N) is 3. The molecule has 2 aromatic rings. The first-order valence-electron chi connectivity index (χ1n) is 11.1. The number of fused-ring (bicyclic) bond motifs is 1. The lowest BCUT2D eigenvalue weighted by Gasteiger charge is -2.36. The summed E-state index contributed by atoms with van der Waals surface area (Å²) in [7, 11) is 0. The summed E-state index contributed by atoms with van der Waals surface area (Å²) in [5, 5.41) is 3.15. The monoisotopic (exact) mass is 470 g/mol. The van der Waals surface area contributed by atoms with Gasteiger partial charge in [-0.15, -0.1) is 0 Å².